The van der Waals surface area contributed by atoms with Crippen molar-refractivity contribution in [2.24, 2.45) is 0 Å². The second-order valence-electron chi connectivity index (χ2n) is 6.35. The highest BCUT2D eigenvalue weighted by molar-refractivity contribution is 5.84. The van der Waals surface area contributed by atoms with Gasteiger partial charge in [-0.05, 0) is 35.0 Å². The minimum atomic E-state index is 0.0267. The maximum Gasteiger partial charge on any atom is 0.260 e. The van der Waals surface area contributed by atoms with E-state index >= 15 is 0 Å². The van der Waals surface area contributed by atoms with Gasteiger partial charge in [-0.2, -0.15) is 0 Å². The van der Waals surface area contributed by atoms with Crippen LogP contribution in [0.1, 0.15) is 0 Å². The molecule has 0 aliphatic carbocycles. The number of rotatable bonds is 4. The van der Waals surface area contributed by atoms with Crippen LogP contribution in [-0.4, -0.2) is 48.6 Å². The Kier molecular flexibility index (Phi) is 4.69. The Balaban J connectivity index is 1.31. The van der Waals surface area contributed by atoms with Crippen molar-refractivity contribution in [1.29, 1.82) is 0 Å². The fraction of sp³-hybridized carbons (Fsp3) is 0.238. The zero-order chi connectivity index (χ0) is 17.8. The SMILES string of the molecule is O=C(COc1ccc2ccccc2c1)N1CCN(c2ccccn2)CC1. The van der Waals surface area contributed by atoms with E-state index in [1.54, 1.807) is 6.20 Å². The standard InChI is InChI=1S/C21H21N3O2/c25-21(16-26-19-9-8-17-5-1-2-6-18(17)15-19)24-13-11-23(12-14-24)20-7-3-4-10-22-20/h1-10,15H,11-14,16H2. The first-order valence-electron chi connectivity index (χ1n) is 8.85. The number of carbonyl (C=O) groups excluding carboxylic acids is 1. The molecular weight excluding hydrogens is 326 g/mol. The van der Waals surface area contributed by atoms with E-state index < -0.39 is 0 Å². The Morgan fingerprint density at radius 3 is 2.46 bits per heavy atom. The number of pyridine rings is 1. The minimum Gasteiger partial charge on any atom is -0.484 e. The summed E-state index contributed by atoms with van der Waals surface area (Å²) in [7, 11) is 0. The number of hydrogen-bond donors (Lipinski definition) is 0. The zero-order valence-electron chi connectivity index (χ0n) is 14.5. The molecule has 0 unspecified atom stereocenters. The van der Waals surface area contributed by atoms with E-state index in [2.05, 4.69) is 16.0 Å². The van der Waals surface area contributed by atoms with Crippen molar-refractivity contribution in [3.63, 3.8) is 0 Å². The van der Waals surface area contributed by atoms with Gasteiger partial charge in [0.1, 0.15) is 11.6 Å². The third-order valence-corrected chi connectivity index (χ3v) is 4.69. The van der Waals surface area contributed by atoms with Crippen molar-refractivity contribution in [2.75, 3.05) is 37.7 Å². The Labute approximate surface area is 152 Å². The summed E-state index contributed by atoms with van der Waals surface area (Å²) in [6, 6.07) is 19.9. The second-order valence-corrected chi connectivity index (χ2v) is 6.35. The molecule has 0 bridgehead atoms. The highest BCUT2D eigenvalue weighted by Crippen LogP contribution is 2.20. The van der Waals surface area contributed by atoms with Crippen LogP contribution in [0.2, 0.25) is 0 Å². The number of piperazine rings is 1. The number of ether oxygens (including phenoxy) is 1. The molecule has 0 radical (unpaired) electrons. The van der Waals surface area contributed by atoms with E-state index in [4.69, 9.17) is 4.74 Å². The molecule has 0 N–H and O–H groups in total. The van der Waals surface area contributed by atoms with Gasteiger partial charge in [-0.15, -0.1) is 0 Å². The molecule has 1 saturated heterocycles. The fourth-order valence-electron chi connectivity index (χ4n) is 3.22. The lowest BCUT2D eigenvalue weighted by atomic mass is 10.1. The average molecular weight is 347 g/mol. The lowest BCUT2D eigenvalue weighted by molar-refractivity contribution is -0.133. The zero-order valence-corrected chi connectivity index (χ0v) is 14.5. The number of fused-ring (bicyclic) bond motifs is 1. The van der Waals surface area contributed by atoms with Crippen LogP contribution in [0.25, 0.3) is 10.8 Å². The molecule has 1 aromatic heterocycles. The average Bonchev–Trinajstić information content (AvgIpc) is 2.72. The maximum atomic E-state index is 12.4. The number of nitrogens with zero attached hydrogens (tertiary/aromatic N) is 3. The van der Waals surface area contributed by atoms with Crippen LogP contribution in [0.15, 0.2) is 66.9 Å². The monoisotopic (exact) mass is 347 g/mol. The van der Waals surface area contributed by atoms with Gasteiger partial charge in [-0.25, -0.2) is 4.98 Å². The number of hydrogen-bond acceptors (Lipinski definition) is 4. The lowest BCUT2D eigenvalue weighted by Crippen LogP contribution is -2.50. The van der Waals surface area contributed by atoms with Crippen molar-refractivity contribution in [2.45, 2.75) is 0 Å². The highest BCUT2D eigenvalue weighted by atomic mass is 16.5. The normalized spacial score (nSPS) is 14.5. The van der Waals surface area contributed by atoms with Gasteiger partial charge >= 0.3 is 0 Å². The third kappa shape index (κ3) is 3.61. The van der Waals surface area contributed by atoms with Crippen LogP contribution in [0.4, 0.5) is 5.82 Å². The number of aromatic nitrogens is 1. The quantitative estimate of drug-likeness (QED) is 0.728. The highest BCUT2D eigenvalue weighted by Gasteiger charge is 2.22. The summed E-state index contributed by atoms with van der Waals surface area (Å²) in [5.41, 5.74) is 0. The van der Waals surface area contributed by atoms with Crippen molar-refractivity contribution in [3.8, 4) is 5.75 Å². The Bertz CT molecular complexity index is 890. The summed E-state index contributed by atoms with van der Waals surface area (Å²) in [5, 5.41) is 2.28. The molecule has 1 fully saturated rings. The molecule has 26 heavy (non-hydrogen) atoms. The van der Waals surface area contributed by atoms with Crippen molar-refractivity contribution >= 4 is 22.5 Å². The molecule has 2 heterocycles. The Morgan fingerprint density at radius 1 is 0.923 bits per heavy atom. The molecule has 4 rings (SSSR count). The van der Waals surface area contributed by atoms with Gasteiger partial charge < -0.3 is 14.5 Å². The predicted molar refractivity (Wildman–Crippen MR) is 102 cm³/mol. The molecule has 0 atom stereocenters. The summed E-state index contributed by atoms with van der Waals surface area (Å²) in [6.07, 6.45) is 1.80. The summed E-state index contributed by atoms with van der Waals surface area (Å²) in [5.74, 6) is 1.72. The van der Waals surface area contributed by atoms with Crippen molar-refractivity contribution in [3.05, 3.63) is 66.9 Å². The van der Waals surface area contributed by atoms with Crippen LogP contribution in [0, 0.1) is 0 Å². The first-order chi connectivity index (χ1) is 12.8. The summed E-state index contributed by atoms with van der Waals surface area (Å²) >= 11 is 0. The van der Waals surface area contributed by atoms with E-state index in [0.717, 1.165) is 35.4 Å². The van der Waals surface area contributed by atoms with Crippen LogP contribution in [0.5, 0.6) is 5.75 Å². The van der Waals surface area contributed by atoms with Crippen molar-refractivity contribution in [1.82, 2.24) is 9.88 Å². The molecule has 2 aromatic carbocycles. The van der Waals surface area contributed by atoms with Crippen LogP contribution in [0.3, 0.4) is 0 Å². The third-order valence-electron chi connectivity index (χ3n) is 4.69. The van der Waals surface area contributed by atoms with E-state index in [0.29, 0.717) is 13.1 Å². The van der Waals surface area contributed by atoms with E-state index in [9.17, 15) is 4.79 Å². The summed E-state index contributed by atoms with van der Waals surface area (Å²) in [6.45, 7) is 3.03. The molecule has 1 amide bonds. The van der Waals surface area contributed by atoms with Gasteiger partial charge in [0.2, 0.25) is 0 Å². The molecule has 1 aliphatic rings. The van der Waals surface area contributed by atoms with Crippen LogP contribution < -0.4 is 9.64 Å². The lowest BCUT2D eigenvalue weighted by Gasteiger charge is -2.35. The minimum absolute atomic E-state index is 0.0267. The maximum absolute atomic E-state index is 12.4. The molecule has 1 aliphatic heterocycles. The fourth-order valence-corrected chi connectivity index (χ4v) is 3.22. The molecule has 3 aromatic rings. The van der Waals surface area contributed by atoms with E-state index in [1.807, 2.05) is 59.5 Å². The Hall–Kier alpha value is -3.08. The molecule has 0 spiro atoms. The first-order valence-corrected chi connectivity index (χ1v) is 8.85. The van der Waals surface area contributed by atoms with Gasteiger partial charge in [0, 0.05) is 32.4 Å². The van der Waals surface area contributed by atoms with E-state index in [-0.39, 0.29) is 12.5 Å². The molecule has 0 saturated carbocycles. The summed E-state index contributed by atoms with van der Waals surface area (Å²) < 4.78 is 5.72. The van der Waals surface area contributed by atoms with E-state index in [1.165, 1.54) is 0 Å². The van der Waals surface area contributed by atoms with Crippen LogP contribution >= 0.6 is 0 Å². The first kappa shape index (κ1) is 16.4. The van der Waals surface area contributed by atoms with Gasteiger partial charge in [0.15, 0.2) is 6.61 Å². The van der Waals surface area contributed by atoms with Gasteiger partial charge in [0.25, 0.3) is 5.91 Å². The number of amides is 1. The predicted octanol–water partition coefficient (Wildman–Crippen LogP) is 2.96. The molecule has 132 valence electrons. The smallest absolute Gasteiger partial charge is 0.260 e. The van der Waals surface area contributed by atoms with Gasteiger partial charge in [-0.1, -0.05) is 36.4 Å². The topological polar surface area (TPSA) is 45.7 Å². The van der Waals surface area contributed by atoms with Crippen molar-refractivity contribution < 1.29 is 9.53 Å². The number of benzene rings is 2. The summed E-state index contributed by atoms with van der Waals surface area (Å²) in [4.78, 5) is 20.9. The largest absolute Gasteiger partial charge is 0.484 e. The Morgan fingerprint density at radius 2 is 1.69 bits per heavy atom. The van der Waals surface area contributed by atoms with Gasteiger partial charge in [0.05, 0.1) is 0 Å². The second kappa shape index (κ2) is 7.44. The molecule has 5 nitrogen and oxygen atoms in total. The van der Waals surface area contributed by atoms with Gasteiger partial charge in [-0.3, -0.25) is 4.79 Å². The molecular formula is C21H21N3O2. The number of carbonyl (C=O) groups is 1. The van der Waals surface area contributed by atoms with Crippen LogP contribution in [-0.2, 0) is 4.79 Å². The molecule has 5 heteroatoms. The number of anilines is 1.